The summed E-state index contributed by atoms with van der Waals surface area (Å²) >= 11 is 0. The molecule has 1 atom stereocenters. The Labute approximate surface area is 131 Å². The van der Waals surface area contributed by atoms with Crippen LogP contribution in [0.2, 0.25) is 0 Å². The van der Waals surface area contributed by atoms with Crippen LogP contribution in [0.4, 0.5) is 10.1 Å². The number of hydrogen-bond donors (Lipinski definition) is 0. The van der Waals surface area contributed by atoms with Crippen LogP contribution in [0.1, 0.15) is 20.3 Å². The number of anilines is 1. The van der Waals surface area contributed by atoms with Crippen molar-refractivity contribution in [2.45, 2.75) is 26.3 Å². The Morgan fingerprint density at radius 2 is 1.77 bits per heavy atom. The lowest BCUT2D eigenvalue weighted by molar-refractivity contribution is 0.127. The van der Waals surface area contributed by atoms with E-state index in [9.17, 15) is 4.39 Å². The van der Waals surface area contributed by atoms with Crippen molar-refractivity contribution in [3.8, 4) is 0 Å². The largest absolute Gasteiger partial charge is 0.369 e. The summed E-state index contributed by atoms with van der Waals surface area (Å²) in [5, 5.41) is 0. The van der Waals surface area contributed by atoms with Gasteiger partial charge in [0.1, 0.15) is 5.82 Å². The number of piperazine rings is 1. The molecule has 22 heavy (non-hydrogen) atoms. The van der Waals surface area contributed by atoms with Crippen molar-refractivity contribution in [1.29, 1.82) is 0 Å². The molecule has 3 rings (SSSR count). The number of rotatable bonds is 2. The zero-order chi connectivity index (χ0) is 15.7. The molecule has 0 aromatic heterocycles. The summed E-state index contributed by atoms with van der Waals surface area (Å²) in [7, 11) is 0. The molecule has 116 valence electrons. The molecule has 3 nitrogen and oxygen atoms in total. The normalized spacial score (nSPS) is 24.9. The van der Waals surface area contributed by atoms with E-state index in [-0.39, 0.29) is 11.2 Å². The van der Waals surface area contributed by atoms with Crippen LogP contribution in [0, 0.1) is 17.8 Å². The smallest absolute Gasteiger partial charge is 0.163 e. The Morgan fingerprint density at radius 1 is 1.14 bits per heavy atom. The van der Waals surface area contributed by atoms with E-state index >= 15 is 0 Å². The molecule has 0 bridgehead atoms. The average molecular weight is 299 g/mol. The quantitative estimate of drug-likeness (QED) is 0.773. The molecule has 1 aliphatic carbocycles. The molecule has 0 amide bonds. The highest BCUT2D eigenvalue weighted by atomic mass is 19.1. The van der Waals surface area contributed by atoms with Gasteiger partial charge in [-0.2, -0.15) is 0 Å². The Kier molecular flexibility index (Phi) is 3.92. The highest BCUT2D eigenvalue weighted by Gasteiger charge is 2.39. The fraction of sp³-hybridized carbons (Fsp3) is 0.500. The van der Waals surface area contributed by atoms with Gasteiger partial charge < -0.3 is 4.90 Å². The van der Waals surface area contributed by atoms with Crippen molar-refractivity contribution in [3.05, 3.63) is 53.3 Å². The number of allylic oxidation sites excluding steroid dienone is 1. The first kappa shape index (κ1) is 15.1. The molecule has 0 N–H and O–H groups in total. The first-order valence-electron chi connectivity index (χ1n) is 7.82. The number of nitrogens with zero attached hydrogens (tertiary/aromatic N) is 3. The second-order valence-electron chi connectivity index (χ2n) is 6.88. The lowest BCUT2D eigenvalue weighted by atomic mass is 9.85. The molecule has 0 spiro atoms. The van der Waals surface area contributed by atoms with Crippen molar-refractivity contribution in [3.63, 3.8) is 0 Å². The minimum atomic E-state index is -0.188. The predicted molar refractivity (Wildman–Crippen MR) is 87.1 cm³/mol. The summed E-state index contributed by atoms with van der Waals surface area (Å²) in [6, 6.07) is 7.09. The van der Waals surface area contributed by atoms with Crippen molar-refractivity contribution in [1.82, 2.24) is 4.90 Å². The fourth-order valence-electron chi connectivity index (χ4n) is 3.62. The van der Waals surface area contributed by atoms with Gasteiger partial charge in [0.2, 0.25) is 0 Å². The summed E-state index contributed by atoms with van der Waals surface area (Å²) < 4.78 is 13.0. The molecular formula is C18H22FN3. The van der Waals surface area contributed by atoms with E-state index in [1.165, 1.54) is 12.1 Å². The van der Waals surface area contributed by atoms with Crippen LogP contribution in [-0.2, 0) is 0 Å². The van der Waals surface area contributed by atoms with Crippen LogP contribution in [0.5, 0.6) is 0 Å². The topological polar surface area (TPSA) is 10.8 Å². The number of hydrogen-bond acceptors (Lipinski definition) is 2. The van der Waals surface area contributed by atoms with E-state index in [0.717, 1.165) is 44.0 Å². The Bertz CT molecular complexity index is 604. The third-order valence-corrected chi connectivity index (χ3v) is 4.83. The molecule has 1 aromatic carbocycles. The minimum absolute atomic E-state index is 0.137. The first-order chi connectivity index (χ1) is 10.5. The van der Waals surface area contributed by atoms with Gasteiger partial charge in [-0.05, 0) is 36.1 Å². The van der Waals surface area contributed by atoms with Crippen molar-refractivity contribution < 1.29 is 4.39 Å². The van der Waals surface area contributed by atoms with E-state index < -0.39 is 0 Å². The summed E-state index contributed by atoms with van der Waals surface area (Å²) in [5.74, 6) is -0.188. The van der Waals surface area contributed by atoms with Gasteiger partial charge in [0.05, 0.1) is 6.57 Å². The standard InChI is InChI=1S/C18H22FN3/c1-18(2)13-15(20-3)12-17(18)22-10-8-21(9-11-22)16-6-4-14(19)5-7-16/h4-7,12,17H,8-11,13H2,1-2H3. The molecule has 1 unspecified atom stereocenters. The predicted octanol–water partition coefficient (Wildman–Crippen LogP) is 3.55. The fourth-order valence-corrected chi connectivity index (χ4v) is 3.62. The van der Waals surface area contributed by atoms with E-state index in [1.54, 1.807) is 0 Å². The van der Waals surface area contributed by atoms with Crippen LogP contribution < -0.4 is 4.90 Å². The van der Waals surface area contributed by atoms with Gasteiger partial charge in [0.15, 0.2) is 5.70 Å². The SMILES string of the molecule is [C-]#[N+]C1=CC(N2CCN(c3ccc(F)cc3)CC2)C(C)(C)C1. The van der Waals surface area contributed by atoms with E-state index in [2.05, 4.69) is 34.6 Å². The number of halogens is 1. The summed E-state index contributed by atoms with van der Waals surface area (Å²) in [6.07, 6.45) is 3.03. The van der Waals surface area contributed by atoms with E-state index in [0.29, 0.717) is 6.04 Å². The molecule has 1 heterocycles. The van der Waals surface area contributed by atoms with Crippen LogP contribution in [0.3, 0.4) is 0 Å². The molecule has 1 aliphatic heterocycles. The summed E-state index contributed by atoms with van der Waals surface area (Å²) in [6.45, 7) is 15.6. The maximum absolute atomic E-state index is 13.0. The van der Waals surface area contributed by atoms with Gasteiger partial charge in [-0.1, -0.05) is 19.9 Å². The maximum atomic E-state index is 13.0. The first-order valence-corrected chi connectivity index (χ1v) is 7.82. The average Bonchev–Trinajstić information content (AvgIpc) is 2.83. The van der Waals surface area contributed by atoms with Crippen molar-refractivity contribution in [2.75, 3.05) is 31.1 Å². The van der Waals surface area contributed by atoms with Crippen LogP contribution in [0.15, 0.2) is 36.0 Å². The van der Waals surface area contributed by atoms with Gasteiger partial charge in [-0.3, -0.25) is 4.90 Å². The maximum Gasteiger partial charge on any atom is 0.163 e. The Balaban J connectivity index is 1.66. The zero-order valence-electron chi connectivity index (χ0n) is 13.2. The molecule has 4 heteroatoms. The van der Waals surface area contributed by atoms with Gasteiger partial charge in [-0.25, -0.2) is 9.24 Å². The second-order valence-corrected chi connectivity index (χ2v) is 6.88. The second kappa shape index (κ2) is 5.73. The molecule has 2 aliphatic rings. The lowest BCUT2D eigenvalue weighted by Gasteiger charge is -2.43. The van der Waals surface area contributed by atoms with Gasteiger partial charge in [0, 0.05) is 37.9 Å². The highest BCUT2D eigenvalue weighted by molar-refractivity contribution is 5.46. The molecule has 1 saturated heterocycles. The van der Waals surface area contributed by atoms with Crippen molar-refractivity contribution in [2.24, 2.45) is 5.41 Å². The van der Waals surface area contributed by atoms with E-state index in [1.807, 2.05) is 12.1 Å². The minimum Gasteiger partial charge on any atom is -0.369 e. The zero-order valence-corrected chi connectivity index (χ0v) is 13.2. The Hall–Kier alpha value is -1.86. The van der Waals surface area contributed by atoms with Gasteiger partial charge >= 0.3 is 0 Å². The third-order valence-electron chi connectivity index (χ3n) is 4.83. The van der Waals surface area contributed by atoms with Crippen LogP contribution in [-0.4, -0.2) is 37.1 Å². The Morgan fingerprint density at radius 3 is 2.32 bits per heavy atom. The van der Waals surface area contributed by atoms with Crippen LogP contribution in [0.25, 0.3) is 4.85 Å². The third kappa shape index (κ3) is 2.86. The summed E-state index contributed by atoms with van der Waals surface area (Å²) in [5.41, 5.74) is 2.12. The summed E-state index contributed by atoms with van der Waals surface area (Å²) in [4.78, 5) is 8.42. The number of benzene rings is 1. The molecule has 0 saturated carbocycles. The molecule has 0 radical (unpaired) electrons. The lowest BCUT2D eigenvalue weighted by Crippen LogP contribution is -2.52. The monoisotopic (exact) mass is 299 g/mol. The molecular weight excluding hydrogens is 277 g/mol. The molecule has 1 fully saturated rings. The van der Waals surface area contributed by atoms with Gasteiger partial charge in [0.25, 0.3) is 0 Å². The van der Waals surface area contributed by atoms with Crippen LogP contribution >= 0.6 is 0 Å². The molecule has 1 aromatic rings. The van der Waals surface area contributed by atoms with Crippen molar-refractivity contribution >= 4 is 5.69 Å². The van der Waals surface area contributed by atoms with Gasteiger partial charge in [-0.15, -0.1) is 0 Å². The highest BCUT2D eigenvalue weighted by Crippen LogP contribution is 2.40. The van der Waals surface area contributed by atoms with E-state index in [4.69, 9.17) is 6.57 Å².